The molecule has 1 unspecified atom stereocenters. The summed E-state index contributed by atoms with van der Waals surface area (Å²) in [6.45, 7) is 10.7. The van der Waals surface area contributed by atoms with Crippen LogP contribution in [0.25, 0.3) is 0 Å². The van der Waals surface area contributed by atoms with E-state index in [0.29, 0.717) is 25.9 Å². The SMILES string of the molecule is CC(C)=CCO/N=C(/C)[C@H]1CC[C@@]2(O)C3=CC(=O)[C@@H]4C[C@@H](O)[C@@H](O)C[C@]4(C)C3CC[C@]12C. The normalized spacial score (nSPS) is 46.0. The van der Waals surface area contributed by atoms with Crippen molar-refractivity contribution in [1.29, 1.82) is 0 Å². The molecule has 178 valence electrons. The summed E-state index contributed by atoms with van der Waals surface area (Å²) in [6.07, 6.45) is 5.76. The van der Waals surface area contributed by atoms with Crippen molar-refractivity contribution in [2.24, 2.45) is 33.7 Å². The van der Waals surface area contributed by atoms with Crippen molar-refractivity contribution in [3.8, 4) is 0 Å². The van der Waals surface area contributed by atoms with Gasteiger partial charge in [-0.3, -0.25) is 4.79 Å². The molecule has 0 bridgehead atoms. The molecule has 0 spiro atoms. The van der Waals surface area contributed by atoms with Crippen LogP contribution in [-0.2, 0) is 9.63 Å². The molecule has 0 radical (unpaired) electrons. The van der Waals surface area contributed by atoms with Crippen LogP contribution in [0.1, 0.15) is 73.1 Å². The number of aliphatic hydroxyl groups excluding tert-OH is 2. The largest absolute Gasteiger partial charge is 0.392 e. The predicted octanol–water partition coefficient (Wildman–Crippen LogP) is 3.55. The lowest BCUT2D eigenvalue weighted by molar-refractivity contribution is -0.151. The molecule has 6 heteroatoms. The molecule has 0 aromatic rings. The predicted molar refractivity (Wildman–Crippen MR) is 123 cm³/mol. The van der Waals surface area contributed by atoms with Crippen LogP contribution < -0.4 is 0 Å². The first-order valence-corrected chi connectivity index (χ1v) is 12.1. The average molecular weight is 446 g/mol. The minimum Gasteiger partial charge on any atom is -0.392 e. The van der Waals surface area contributed by atoms with Gasteiger partial charge in [0, 0.05) is 17.3 Å². The first kappa shape index (κ1) is 23.7. The third-order valence-electron chi connectivity index (χ3n) is 9.40. The average Bonchev–Trinajstić information content (AvgIpc) is 2.99. The summed E-state index contributed by atoms with van der Waals surface area (Å²) >= 11 is 0. The maximum atomic E-state index is 13.2. The number of carbonyl (C=O) groups excluding carboxylic acids is 1. The van der Waals surface area contributed by atoms with Gasteiger partial charge in [0.05, 0.1) is 23.5 Å². The highest BCUT2D eigenvalue weighted by Gasteiger charge is 2.66. The fourth-order valence-electron chi connectivity index (χ4n) is 7.45. The second-order valence-corrected chi connectivity index (χ2v) is 11.4. The second-order valence-electron chi connectivity index (χ2n) is 11.4. The molecule has 0 heterocycles. The number of ketones is 1. The fourth-order valence-corrected chi connectivity index (χ4v) is 7.45. The molecule has 0 aromatic carbocycles. The number of hydrogen-bond donors (Lipinski definition) is 3. The van der Waals surface area contributed by atoms with Crippen molar-refractivity contribution in [1.82, 2.24) is 0 Å². The highest BCUT2D eigenvalue weighted by Crippen LogP contribution is 2.67. The van der Waals surface area contributed by atoms with E-state index in [9.17, 15) is 20.1 Å². The Hall–Kier alpha value is -1.50. The number of allylic oxidation sites excluding steroid dienone is 2. The van der Waals surface area contributed by atoms with E-state index in [1.165, 1.54) is 5.57 Å². The Bertz CT molecular complexity index is 873. The lowest BCUT2D eigenvalue weighted by atomic mass is 9.46. The van der Waals surface area contributed by atoms with Crippen LogP contribution in [0, 0.1) is 28.6 Å². The van der Waals surface area contributed by atoms with E-state index in [1.807, 2.05) is 26.8 Å². The van der Waals surface area contributed by atoms with Crippen molar-refractivity contribution in [2.75, 3.05) is 6.61 Å². The van der Waals surface area contributed by atoms with E-state index in [0.717, 1.165) is 30.5 Å². The Balaban J connectivity index is 1.64. The first-order chi connectivity index (χ1) is 14.9. The quantitative estimate of drug-likeness (QED) is 0.266. The van der Waals surface area contributed by atoms with Gasteiger partial charge in [-0.1, -0.05) is 24.6 Å². The monoisotopic (exact) mass is 445 g/mol. The van der Waals surface area contributed by atoms with Crippen molar-refractivity contribution < 1.29 is 25.0 Å². The van der Waals surface area contributed by atoms with Crippen LogP contribution in [-0.4, -0.2) is 51.2 Å². The topological polar surface area (TPSA) is 99.4 Å². The minimum absolute atomic E-state index is 0.0127. The first-order valence-electron chi connectivity index (χ1n) is 12.1. The molecule has 3 N–H and O–H groups in total. The van der Waals surface area contributed by atoms with Crippen molar-refractivity contribution in [3.63, 3.8) is 0 Å². The molecular weight excluding hydrogens is 406 g/mol. The summed E-state index contributed by atoms with van der Waals surface area (Å²) in [4.78, 5) is 18.7. The third kappa shape index (κ3) is 3.41. The van der Waals surface area contributed by atoms with E-state index in [2.05, 4.69) is 19.0 Å². The molecule has 4 rings (SSSR count). The molecule has 8 atom stereocenters. The second kappa shape index (κ2) is 8.07. The van der Waals surface area contributed by atoms with Crippen LogP contribution in [0.3, 0.4) is 0 Å². The van der Waals surface area contributed by atoms with Crippen molar-refractivity contribution in [3.05, 3.63) is 23.3 Å². The van der Waals surface area contributed by atoms with Crippen molar-refractivity contribution >= 4 is 11.5 Å². The van der Waals surface area contributed by atoms with Crippen LogP contribution in [0.2, 0.25) is 0 Å². The van der Waals surface area contributed by atoms with Crippen LogP contribution in [0.5, 0.6) is 0 Å². The highest BCUT2D eigenvalue weighted by molar-refractivity contribution is 5.95. The number of oxime groups is 1. The molecule has 3 fully saturated rings. The standard InChI is InChI=1S/C26H39NO5/c1-15(2)8-11-32-27-16(3)17-7-10-26(31)19-12-21(28)20-13-22(29)23(30)14-24(20,4)18(19)6-9-25(17,26)5/h8,12,17-18,20,22-23,29-31H,6-7,9-11,13-14H2,1-5H3/b27-16-/t17-,18?,20+,22-,23+,24-,25-,26-/m1/s1. The highest BCUT2D eigenvalue weighted by atomic mass is 16.6. The maximum Gasteiger partial charge on any atom is 0.159 e. The summed E-state index contributed by atoms with van der Waals surface area (Å²) in [5, 5.41) is 37.1. The summed E-state index contributed by atoms with van der Waals surface area (Å²) in [7, 11) is 0. The van der Waals surface area contributed by atoms with E-state index in [4.69, 9.17) is 4.84 Å². The fraction of sp³-hybridized carbons (Fsp3) is 0.769. The van der Waals surface area contributed by atoms with Gasteiger partial charge in [0.1, 0.15) is 6.61 Å². The minimum atomic E-state index is -1.07. The van der Waals surface area contributed by atoms with Gasteiger partial charge in [-0.15, -0.1) is 0 Å². The lowest BCUT2D eigenvalue weighted by Crippen LogP contribution is -2.60. The van der Waals surface area contributed by atoms with Gasteiger partial charge < -0.3 is 20.2 Å². The van der Waals surface area contributed by atoms with Gasteiger partial charge >= 0.3 is 0 Å². The zero-order valence-corrected chi connectivity index (χ0v) is 20.1. The summed E-state index contributed by atoms with van der Waals surface area (Å²) in [6, 6.07) is 0. The number of carbonyl (C=O) groups is 1. The molecule has 0 saturated heterocycles. The van der Waals surface area contributed by atoms with Crippen LogP contribution in [0.4, 0.5) is 0 Å². The zero-order valence-electron chi connectivity index (χ0n) is 20.1. The summed E-state index contributed by atoms with van der Waals surface area (Å²) < 4.78 is 0. The Kier molecular flexibility index (Phi) is 5.96. The van der Waals surface area contributed by atoms with Gasteiger partial charge in [-0.2, -0.15) is 0 Å². The van der Waals surface area contributed by atoms with Crippen molar-refractivity contribution in [2.45, 2.75) is 91.0 Å². The molecule has 0 aromatic heterocycles. The molecule has 4 aliphatic carbocycles. The van der Waals surface area contributed by atoms with Crippen LogP contribution >= 0.6 is 0 Å². The van der Waals surface area contributed by atoms with E-state index in [1.54, 1.807) is 6.08 Å². The number of nitrogens with zero attached hydrogens (tertiary/aromatic N) is 1. The smallest absolute Gasteiger partial charge is 0.159 e. The van der Waals surface area contributed by atoms with E-state index in [-0.39, 0.29) is 23.5 Å². The molecular formula is C26H39NO5. The molecule has 0 amide bonds. The molecule has 3 saturated carbocycles. The zero-order chi connectivity index (χ0) is 23.5. The Morgan fingerprint density at radius 3 is 2.56 bits per heavy atom. The van der Waals surface area contributed by atoms with E-state index < -0.39 is 28.6 Å². The van der Waals surface area contributed by atoms with Gasteiger partial charge in [-0.05, 0) is 88.4 Å². The molecule has 32 heavy (non-hydrogen) atoms. The maximum absolute atomic E-state index is 13.2. The van der Waals surface area contributed by atoms with Gasteiger partial charge in [0.2, 0.25) is 0 Å². The Labute approximate surface area is 191 Å². The Morgan fingerprint density at radius 1 is 1.16 bits per heavy atom. The van der Waals surface area contributed by atoms with Gasteiger partial charge in [0.25, 0.3) is 0 Å². The van der Waals surface area contributed by atoms with E-state index >= 15 is 0 Å². The number of hydrogen-bond acceptors (Lipinski definition) is 6. The third-order valence-corrected chi connectivity index (χ3v) is 9.40. The van der Waals surface area contributed by atoms with Crippen LogP contribution in [0.15, 0.2) is 28.5 Å². The van der Waals surface area contributed by atoms with Gasteiger partial charge in [0.15, 0.2) is 5.78 Å². The van der Waals surface area contributed by atoms with Gasteiger partial charge in [-0.25, -0.2) is 0 Å². The molecule has 6 nitrogen and oxygen atoms in total. The molecule has 0 aliphatic heterocycles. The Morgan fingerprint density at radius 2 is 1.88 bits per heavy atom. The number of fused-ring (bicyclic) bond motifs is 5. The molecule has 4 aliphatic rings. The number of rotatable bonds is 4. The summed E-state index contributed by atoms with van der Waals surface area (Å²) in [5.41, 5.74) is 0.998. The number of aliphatic hydroxyl groups is 3. The summed E-state index contributed by atoms with van der Waals surface area (Å²) in [5.74, 6) is -0.191. The lowest BCUT2D eigenvalue weighted by Gasteiger charge is -2.59.